The van der Waals surface area contributed by atoms with E-state index in [1.807, 2.05) is 0 Å². The fourth-order valence-electron chi connectivity index (χ4n) is 2.72. The van der Waals surface area contributed by atoms with Crippen LogP contribution in [-0.4, -0.2) is 16.8 Å². The Morgan fingerprint density at radius 1 is 1.30 bits per heavy atom. The Morgan fingerprint density at radius 3 is 2.50 bits per heavy atom. The lowest BCUT2D eigenvalue weighted by Gasteiger charge is -2.32. The van der Waals surface area contributed by atoms with Gasteiger partial charge in [0.15, 0.2) is 11.6 Å². The highest BCUT2D eigenvalue weighted by Crippen LogP contribution is 2.64. The normalized spacial score (nSPS) is 27.1. The maximum atomic E-state index is 13.4. The highest BCUT2D eigenvalue weighted by Gasteiger charge is 2.69. The average Bonchev–Trinajstić information content (AvgIpc) is 2.90. The summed E-state index contributed by atoms with van der Waals surface area (Å²) in [6, 6.07) is 2.24. The number of amides is 1. The summed E-state index contributed by atoms with van der Waals surface area (Å²) in [5.41, 5.74) is 0.218. The van der Waals surface area contributed by atoms with Gasteiger partial charge in [0, 0.05) is 18.3 Å². The first-order valence-corrected chi connectivity index (χ1v) is 7.19. The van der Waals surface area contributed by atoms with E-state index in [-0.39, 0.29) is 5.91 Å². The van der Waals surface area contributed by atoms with E-state index in [1.54, 1.807) is 6.92 Å². The Labute approximate surface area is 125 Å². The van der Waals surface area contributed by atoms with Crippen molar-refractivity contribution < 1.29 is 13.6 Å². The van der Waals surface area contributed by atoms with Gasteiger partial charge in [0.1, 0.15) is 4.33 Å². The second kappa shape index (κ2) is 4.31. The third-order valence-corrected chi connectivity index (χ3v) is 5.32. The molecule has 0 aromatic heterocycles. The molecule has 1 aliphatic heterocycles. The lowest BCUT2D eigenvalue weighted by Crippen LogP contribution is -2.41. The molecule has 1 heterocycles. The predicted molar refractivity (Wildman–Crippen MR) is 74.2 cm³/mol. The largest absolute Gasteiger partial charge is 0.311 e. The molecule has 2 aliphatic rings. The monoisotopic (exact) mass is 319 g/mol. The summed E-state index contributed by atoms with van der Waals surface area (Å²) >= 11 is 12.1. The van der Waals surface area contributed by atoms with Crippen LogP contribution in [0.4, 0.5) is 14.5 Å². The van der Waals surface area contributed by atoms with E-state index in [9.17, 15) is 13.6 Å². The van der Waals surface area contributed by atoms with Crippen LogP contribution < -0.4 is 4.90 Å². The third-order valence-electron chi connectivity index (χ3n) is 4.22. The van der Waals surface area contributed by atoms with Gasteiger partial charge >= 0.3 is 0 Å². The van der Waals surface area contributed by atoms with Crippen molar-refractivity contribution in [2.45, 2.75) is 30.5 Å². The summed E-state index contributed by atoms with van der Waals surface area (Å²) in [6.45, 7) is 2.17. The number of nitrogens with zero attached hydrogens (tertiary/aromatic N) is 1. The molecular weight excluding hydrogens is 307 g/mol. The van der Waals surface area contributed by atoms with Crippen molar-refractivity contribution in [2.24, 2.45) is 5.41 Å². The molecule has 2 nitrogen and oxygen atoms in total. The SMILES string of the molecule is CC1(C(=O)N2CCCc3cc(F)c(F)cc32)CC1(Cl)Cl. The molecule has 108 valence electrons. The standard InChI is InChI=1S/C14H13Cl2F2NO/c1-13(7-14(13,15)16)12(20)19-4-2-3-8-5-9(17)10(18)6-11(8)19/h5-6H,2-4,7H2,1H3. The zero-order chi connectivity index (χ0) is 14.7. The molecule has 1 amide bonds. The van der Waals surface area contributed by atoms with Gasteiger partial charge < -0.3 is 4.90 Å². The number of hydrogen-bond acceptors (Lipinski definition) is 1. The molecule has 1 atom stereocenters. The molecule has 1 aliphatic carbocycles. The van der Waals surface area contributed by atoms with E-state index in [0.29, 0.717) is 37.1 Å². The lowest BCUT2D eigenvalue weighted by molar-refractivity contribution is -0.123. The van der Waals surface area contributed by atoms with Crippen LogP contribution in [0.15, 0.2) is 12.1 Å². The fraction of sp³-hybridized carbons (Fsp3) is 0.500. The summed E-state index contributed by atoms with van der Waals surface area (Å²) in [5, 5.41) is 0. The van der Waals surface area contributed by atoms with Gasteiger partial charge in [-0.1, -0.05) is 0 Å². The van der Waals surface area contributed by atoms with Crippen LogP contribution in [0.3, 0.4) is 0 Å². The lowest BCUT2D eigenvalue weighted by atomic mass is 9.98. The Morgan fingerprint density at radius 2 is 1.90 bits per heavy atom. The van der Waals surface area contributed by atoms with Gasteiger partial charge in [-0.25, -0.2) is 8.78 Å². The minimum atomic E-state index is -1.07. The van der Waals surface area contributed by atoms with E-state index in [2.05, 4.69) is 0 Å². The molecule has 1 aromatic carbocycles. The Bertz CT molecular complexity index is 605. The number of hydrogen-bond donors (Lipinski definition) is 0. The number of aryl methyl sites for hydroxylation is 1. The second-order valence-electron chi connectivity index (χ2n) is 5.67. The summed E-state index contributed by atoms with van der Waals surface area (Å²) in [7, 11) is 0. The molecule has 0 saturated heterocycles. The minimum absolute atomic E-state index is 0.227. The van der Waals surface area contributed by atoms with Gasteiger partial charge in [-0.2, -0.15) is 0 Å². The summed E-state index contributed by atoms with van der Waals surface area (Å²) in [5.74, 6) is -2.07. The number of rotatable bonds is 1. The van der Waals surface area contributed by atoms with Crippen LogP contribution >= 0.6 is 23.2 Å². The molecule has 1 saturated carbocycles. The van der Waals surface area contributed by atoms with Gasteiger partial charge in [0.25, 0.3) is 0 Å². The number of anilines is 1. The van der Waals surface area contributed by atoms with Gasteiger partial charge in [-0.15, -0.1) is 23.2 Å². The highest BCUT2D eigenvalue weighted by atomic mass is 35.5. The molecule has 0 radical (unpaired) electrons. The number of benzene rings is 1. The molecule has 0 bridgehead atoms. The maximum Gasteiger partial charge on any atom is 0.236 e. The zero-order valence-corrected chi connectivity index (χ0v) is 12.4. The van der Waals surface area contributed by atoms with Crippen molar-refractivity contribution in [1.82, 2.24) is 0 Å². The first-order valence-electron chi connectivity index (χ1n) is 6.44. The number of fused-ring (bicyclic) bond motifs is 1. The Kier molecular flexibility index (Phi) is 3.04. The van der Waals surface area contributed by atoms with Crippen LogP contribution in [0.1, 0.15) is 25.3 Å². The average molecular weight is 320 g/mol. The molecule has 20 heavy (non-hydrogen) atoms. The van der Waals surface area contributed by atoms with E-state index in [4.69, 9.17) is 23.2 Å². The highest BCUT2D eigenvalue weighted by molar-refractivity contribution is 6.53. The maximum absolute atomic E-state index is 13.4. The smallest absolute Gasteiger partial charge is 0.236 e. The molecule has 1 unspecified atom stereocenters. The van der Waals surface area contributed by atoms with E-state index < -0.39 is 21.4 Å². The minimum Gasteiger partial charge on any atom is -0.311 e. The van der Waals surface area contributed by atoms with E-state index >= 15 is 0 Å². The van der Waals surface area contributed by atoms with Gasteiger partial charge in [-0.3, -0.25) is 4.79 Å². The van der Waals surface area contributed by atoms with Crippen molar-refractivity contribution in [2.75, 3.05) is 11.4 Å². The van der Waals surface area contributed by atoms with Gasteiger partial charge in [0.2, 0.25) is 5.91 Å². The van der Waals surface area contributed by atoms with Crippen LogP contribution in [0, 0.1) is 17.0 Å². The molecular formula is C14H13Cl2F2NO. The molecule has 0 N–H and O–H groups in total. The Balaban J connectivity index is 1.99. The third kappa shape index (κ3) is 1.92. The van der Waals surface area contributed by atoms with E-state index in [1.165, 1.54) is 4.90 Å². The number of alkyl halides is 2. The van der Waals surface area contributed by atoms with E-state index in [0.717, 1.165) is 12.1 Å². The summed E-state index contributed by atoms with van der Waals surface area (Å²) in [4.78, 5) is 14.1. The molecule has 1 aromatic rings. The molecule has 0 spiro atoms. The number of carbonyl (C=O) groups is 1. The van der Waals surface area contributed by atoms with Crippen molar-refractivity contribution in [3.05, 3.63) is 29.3 Å². The fourth-order valence-corrected chi connectivity index (χ4v) is 3.41. The van der Waals surface area contributed by atoms with Crippen molar-refractivity contribution in [3.8, 4) is 0 Å². The second-order valence-corrected chi connectivity index (χ2v) is 7.15. The van der Waals surface area contributed by atoms with Crippen LogP contribution in [0.5, 0.6) is 0 Å². The summed E-state index contributed by atoms with van der Waals surface area (Å²) < 4.78 is 25.7. The Hall–Kier alpha value is -0.870. The number of carbonyl (C=O) groups excluding carboxylic acids is 1. The zero-order valence-electron chi connectivity index (χ0n) is 10.9. The predicted octanol–water partition coefficient (Wildman–Crippen LogP) is 3.83. The number of halogens is 4. The van der Waals surface area contributed by atoms with Crippen LogP contribution in [0.2, 0.25) is 0 Å². The van der Waals surface area contributed by atoms with Crippen LogP contribution in [-0.2, 0) is 11.2 Å². The molecule has 3 rings (SSSR count). The first kappa shape index (κ1) is 14.1. The van der Waals surface area contributed by atoms with Gasteiger partial charge in [0.05, 0.1) is 5.41 Å². The molecule has 6 heteroatoms. The molecule has 1 fully saturated rings. The van der Waals surface area contributed by atoms with Crippen molar-refractivity contribution in [1.29, 1.82) is 0 Å². The first-order chi connectivity index (χ1) is 9.26. The van der Waals surface area contributed by atoms with Gasteiger partial charge in [-0.05, 0) is 37.8 Å². The summed E-state index contributed by atoms with van der Waals surface area (Å²) in [6.07, 6.45) is 1.70. The van der Waals surface area contributed by atoms with Crippen molar-refractivity contribution in [3.63, 3.8) is 0 Å². The van der Waals surface area contributed by atoms with Crippen molar-refractivity contribution >= 4 is 34.8 Å². The quantitative estimate of drug-likeness (QED) is 0.720. The topological polar surface area (TPSA) is 20.3 Å². The van der Waals surface area contributed by atoms with Crippen LogP contribution in [0.25, 0.3) is 0 Å².